The van der Waals surface area contributed by atoms with Gasteiger partial charge in [0.2, 0.25) is 5.91 Å². The molecular formula is C32H35NO6. The molecule has 2 fully saturated rings. The molecule has 5 rings (SSSR count). The summed E-state index contributed by atoms with van der Waals surface area (Å²) in [6, 6.07) is 22.1. The van der Waals surface area contributed by atoms with Crippen LogP contribution in [-0.2, 0) is 16.1 Å². The minimum Gasteiger partial charge on any atom is -0.493 e. The first-order valence-corrected chi connectivity index (χ1v) is 13.6. The van der Waals surface area contributed by atoms with Crippen molar-refractivity contribution in [2.24, 2.45) is 11.3 Å². The summed E-state index contributed by atoms with van der Waals surface area (Å²) < 4.78 is 18.2. The highest BCUT2D eigenvalue weighted by Crippen LogP contribution is 2.42. The Balaban J connectivity index is 1.23. The molecule has 0 atom stereocenters. The summed E-state index contributed by atoms with van der Waals surface area (Å²) in [5, 5.41) is 9.67. The lowest BCUT2D eigenvalue weighted by Crippen LogP contribution is -2.40. The Hall–Kier alpha value is -3.84. The largest absolute Gasteiger partial charge is 0.493 e. The van der Waals surface area contributed by atoms with Crippen LogP contribution in [0.4, 0.5) is 5.69 Å². The van der Waals surface area contributed by atoms with Crippen LogP contribution >= 0.6 is 0 Å². The van der Waals surface area contributed by atoms with Crippen LogP contribution in [-0.4, -0.2) is 36.7 Å². The number of hydrogen-bond acceptors (Lipinski definition) is 5. The van der Waals surface area contributed by atoms with Crippen molar-refractivity contribution in [3.8, 4) is 17.2 Å². The van der Waals surface area contributed by atoms with Crippen molar-refractivity contribution in [1.29, 1.82) is 0 Å². The third-order valence-electron chi connectivity index (χ3n) is 7.51. The number of carbonyl (C=O) groups is 2. The number of anilines is 1. The summed E-state index contributed by atoms with van der Waals surface area (Å²) in [4.78, 5) is 25.7. The van der Waals surface area contributed by atoms with E-state index < -0.39 is 5.97 Å². The second-order valence-electron chi connectivity index (χ2n) is 10.8. The molecule has 7 heteroatoms. The van der Waals surface area contributed by atoms with E-state index >= 15 is 0 Å². The van der Waals surface area contributed by atoms with Crippen molar-refractivity contribution in [1.82, 2.24) is 0 Å². The molecule has 0 aliphatic heterocycles. The molecule has 1 amide bonds. The molecule has 0 aromatic heterocycles. The zero-order valence-corrected chi connectivity index (χ0v) is 22.3. The van der Waals surface area contributed by atoms with Gasteiger partial charge in [0, 0.05) is 30.6 Å². The number of aromatic carboxylic acids is 1. The van der Waals surface area contributed by atoms with Gasteiger partial charge in [-0.15, -0.1) is 0 Å². The van der Waals surface area contributed by atoms with Gasteiger partial charge in [-0.3, -0.25) is 4.79 Å². The summed E-state index contributed by atoms with van der Waals surface area (Å²) in [6.07, 6.45) is 5.47. The van der Waals surface area contributed by atoms with Crippen molar-refractivity contribution in [2.45, 2.75) is 45.6 Å². The van der Waals surface area contributed by atoms with E-state index in [1.165, 1.54) is 12.1 Å². The zero-order chi connectivity index (χ0) is 27.2. The van der Waals surface area contributed by atoms with Crippen LogP contribution in [0.2, 0.25) is 0 Å². The highest BCUT2D eigenvalue weighted by atomic mass is 16.5. The van der Waals surface area contributed by atoms with Crippen molar-refractivity contribution >= 4 is 17.6 Å². The van der Waals surface area contributed by atoms with E-state index in [9.17, 15) is 14.7 Å². The van der Waals surface area contributed by atoms with Gasteiger partial charge in [-0.2, -0.15) is 0 Å². The van der Waals surface area contributed by atoms with Gasteiger partial charge in [-0.1, -0.05) is 36.8 Å². The fraction of sp³-hybridized carbons (Fsp3) is 0.375. The molecule has 204 valence electrons. The highest BCUT2D eigenvalue weighted by molar-refractivity contribution is 5.91. The second kappa shape index (κ2) is 11.9. The number of benzene rings is 3. The Kier molecular flexibility index (Phi) is 8.17. The molecule has 7 nitrogen and oxygen atoms in total. The number of carboxylic acid groups (broad SMARTS) is 1. The molecule has 39 heavy (non-hydrogen) atoms. The van der Waals surface area contributed by atoms with Crippen LogP contribution in [0.1, 0.15) is 54.9 Å². The molecule has 3 aromatic rings. The Morgan fingerprint density at radius 2 is 1.64 bits per heavy atom. The minimum atomic E-state index is -1.05. The molecule has 3 aromatic carbocycles. The third-order valence-corrected chi connectivity index (χ3v) is 7.51. The fourth-order valence-corrected chi connectivity index (χ4v) is 4.85. The molecule has 0 heterocycles. The maximum absolute atomic E-state index is 12.1. The molecule has 0 saturated heterocycles. The normalized spacial score (nSPS) is 15.7. The quantitative estimate of drug-likeness (QED) is 0.265. The standard InChI is InChI=1S/C32H35NO6/c1-23(34)33(19-24-8-9-24)27-10-12-28(13-11-27)39-30-17-26(31(35)36)16-29(18-30)38-22-32(14-5-15-32)21-37-20-25-6-3-2-4-7-25/h2-4,6-7,10-13,16-18,24H,5,8-9,14-15,19-22H2,1H3,(H,35,36). The smallest absolute Gasteiger partial charge is 0.335 e. The van der Waals surface area contributed by atoms with Crippen LogP contribution in [0.3, 0.4) is 0 Å². The summed E-state index contributed by atoms with van der Waals surface area (Å²) in [5.41, 5.74) is 1.97. The Morgan fingerprint density at radius 1 is 0.923 bits per heavy atom. The molecule has 2 aliphatic rings. The third kappa shape index (κ3) is 7.18. The number of rotatable bonds is 13. The number of hydrogen-bond donors (Lipinski definition) is 1. The van der Waals surface area contributed by atoms with Crippen LogP contribution in [0.15, 0.2) is 72.8 Å². The average Bonchev–Trinajstić information content (AvgIpc) is 3.73. The van der Waals surface area contributed by atoms with Crippen LogP contribution in [0.5, 0.6) is 17.2 Å². The van der Waals surface area contributed by atoms with Crippen molar-refractivity contribution in [2.75, 3.05) is 24.7 Å². The topological polar surface area (TPSA) is 85.3 Å². The molecule has 0 radical (unpaired) electrons. The van der Waals surface area contributed by atoms with E-state index in [0.717, 1.165) is 49.9 Å². The lowest BCUT2D eigenvalue weighted by molar-refractivity contribution is -0.116. The summed E-state index contributed by atoms with van der Waals surface area (Å²) >= 11 is 0. The lowest BCUT2D eigenvalue weighted by Gasteiger charge is -2.41. The van der Waals surface area contributed by atoms with Crippen molar-refractivity contribution in [3.63, 3.8) is 0 Å². The van der Waals surface area contributed by atoms with Gasteiger partial charge in [0.05, 0.1) is 25.4 Å². The van der Waals surface area contributed by atoms with Crippen molar-refractivity contribution in [3.05, 3.63) is 83.9 Å². The van der Waals surface area contributed by atoms with Gasteiger partial charge in [-0.05, 0) is 73.6 Å². The first-order chi connectivity index (χ1) is 18.9. The lowest BCUT2D eigenvalue weighted by atomic mass is 9.70. The average molecular weight is 530 g/mol. The second-order valence-corrected chi connectivity index (χ2v) is 10.8. The summed E-state index contributed by atoms with van der Waals surface area (Å²) in [6.45, 7) is 3.90. The summed E-state index contributed by atoms with van der Waals surface area (Å²) in [5.74, 6) is 0.914. The van der Waals surface area contributed by atoms with Gasteiger partial charge in [0.15, 0.2) is 0 Å². The molecule has 2 aliphatic carbocycles. The molecule has 0 spiro atoms. The molecule has 1 N–H and O–H groups in total. The van der Waals surface area contributed by atoms with E-state index in [4.69, 9.17) is 14.2 Å². The maximum atomic E-state index is 12.1. The minimum absolute atomic E-state index is 0.0150. The van der Waals surface area contributed by atoms with Gasteiger partial charge in [0.25, 0.3) is 0 Å². The van der Waals surface area contributed by atoms with Crippen LogP contribution < -0.4 is 14.4 Å². The van der Waals surface area contributed by atoms with Crippen LogP contribution in [0, 0.1) is 11.3 Å². The van der Waals surface area contributed by atoms with Crippen LogP contribution in [0.25, 0.3) is 0 Å². The van der Waals surface area contributed by atoms with E-state index in [2.05, 4.69) is 0 Å². The van der Waals surface area contributed by atoms with Gasteiger partial charge in [-0.25, -0.2) is 4.79 Å². The van der Waals surface area contributed by atoms with E-state index in [0.29, 0.717) is 43.0 Å². The van der Waals surface area contributed by atoms with Gasteiger partial charge in [0.1, 0.15) is 17.2 Å². The monoisotopic (exact) mass is 529 g/mol. The van der Waals surface area contributed by atoms with Gasteiger partial charge >= 0.3 is 5.97 Å². The number of nitrogens with zero attached hydrogens (tertiary/aromatic N) is 1. The van der Waals surface area contributed by atoms with E-state index in [1.807, 2.05) is 42.5 Å². The Bertz CT molecular complexity index is 1280. The predicted octanol–water partition coefficient (Wildman–Crippen LogP) is 6.71. The number of carbonyl (C=O) groups excluding carboxylic acids is 1. The SMILES string of the molecule is CC(=O)N(CC1CC1)c1ccc(Oc2cc(OCC3(COCc4ccccc4)CCC3)cc(C(=O)O)c2)cc1. The first kappa shape index (κ1) is 26.8. The molecular weight excluding hydrogens is 494 g/mol. The van der Waals surface area contributed by atoms with Crippen molar-refractivity contribution < 1.29 is 28.9 Å². The van der Waals surface area contributed by atoms with Gasteiger partial charge < -0.3 is 24.2 Å². The highest BCUT2D eigenvalue weighted by Gasteiger charge is 2.38. The molecule has 2 saturated carbocycles. The number of amides is 1. The Morgan fingerprint density at radius 3 is 2.26 bits per heavy atom. The van der Waals surface area contributed by atoms with E-state index in [-0.39, 0.29) is 16.9 Å². The number of ether oxygens (including phenoxy) is 3. The predicted molar refractivity (Wildman–Crippen MR) is 149 cm³/mol. The fourth-order valence-electron chi connectivity index (χ4n) is 4.85. The first-order valence-electron chi connectivity index (χ1n) is 13.6. The van der Waals surface area contributed by atoms with E-state index in [1.54, 1.807) is 30.0 Å². The number of carboxylic acids is 1. The zero-order valence-electron chi connectivity index (χ0n) is 22.3. The molecule has 0 unspecified atom stereocenters. The Labute approximate surface area is 229 Å². The maximum Gasteiger partial charge on any atom is 0.335 e. The molecule has 0 bridgehead atoms. The summed E-state index contributed by atoms with van der Waals surface area (Å²) in [7, 11) is 0.